The van der Waals surface area contributed by atoms with E-state index in [0.717, 1.165) is 30.4 Å². The highest BCUT2D eigenvalue weighted by atomic mass is 16.1. The topological polar surface area (TPSA) is 86.6 Å². The molecule has 1 amide bonds. The fraction of sp³-hybridized carbons (Fsp3) is 0.533. The third-order valence-corrected chi connectivity index (χ3v) is 4.51. The molecule has 2 heterocycles. The summed E-state index contributed by atoms with van der Waals surface area (Å²) in [4.78, 5) is 18.5. The number of carbonyl (C=O) groups excluding carboxylic acids is 1. The highest BCUT2D eigenvalue weighted by Gasteiger charge is 2.30. The Kier molecular flexibility index (Phi) is 3.53. The molecule has 0 aromatic carbocycles. The van der Waals surface area contributed by atoms with Crippen molar-refractivity contribution in [3.63, 3.8) is 0 Å². The van der Waals surface area contributed by atoms with Gasteiger partial charge in [-0.3, -0.25) is 10.2 Å². The summed E-state index contributed by atoms with van der Waals surface area (Å²) in [5, 5.41) is 11.2. The van der Waals surface area contributed by atoms with Gasteiger partial charge in [0.1, 0.15) is 5.49 Å². The van der Waals surface area contributed by atoms with Crippen molar-refractivity contribution in [1.29, 1.82) is 5.41 Å². The Morgan fingerprint density at radius 2 is 2.38 bits per heavy atom. The average Bonchev–Trinajstić information content (AvgIpc) is 3.05. The highest BCUT2D eigenvalue weighted by molar-refractivity contribution is 5.73. The molecule has 1 unspecified atom stereocenters. The smallest absolute Gasteiger partial charge is 0.217 e. The molecule has 0 bridgehead atoms. The molecule has 0 radical (unpaired) electrons. The molecule has 2 aromatic heterocycles. The molecular formula is C15H21N5O. The van der Waals surface area contributed by atoms with Crippen LogP contribution in [0.25, 0.3) is 11.2 Å². The van der Waals surface area contributed by atoms with E-state index in [1.54, 1.807) is 13.1 Å². The van der Waals surface area contributed by atoms with Crippen molar-refractivity contribution in [3.05, 3.63) is 23.9 Å². The first-order valence-electron chi connectivity index (χ1n) is 7.42. The van der Waals surface area contributed by atoms with Gasteiger partial charge in [-0.15, -0.1) is 0 Å². The van der Waals surface area contributed by atoms with Crippen LogP contribution in [0.3, 0.4) is 0 Å². The van der Waals surface area contributed by atoms with Crippen molar-refractivity contribution >= 4 is 17.1 Å². The number of H-pyrrole nitrogens is 1. The zero-order valence-electron chi connectivity index (χ0n) is 12.4. The molecule has 6 heteroatoms. The molecule has 1 aliphatic carbocycles. The van der Waals surface area contributed by atoms with Crippen molar-refractivity contribution in [2.75, 3.05) is 0 Å². The Bertz CT molecular complexity index is 716. The van der Waals surface area contributed by atoms with Gasteiger partial charge < -0.3 is 14.9 Å². The number of rotatable bonds is 3. The molecule has 21 heavy (non-hydrogen) atoms. The van der Waals surface area contributed by atoms with E-state index in [2.05, 4.69) is 22.2 Å². The second-order valence-electron chi connectivity index (χ2n) is 5.94. The zero-order chi connectivity index (χ0) is 15.0. The number of nitrogens with zero attached hydrogens (tertiary/aromatic N) is 2. The fourth-order valence-corrected chi connectivity index (χ4v) is 3.49. The van der Waals surface area contributed by atoms with Crippen LogP contribution in [0.5, 0.6) is 0 Å². The maximum atomic E-state index is 11.2. The van der Waals surface area contributed by atoms with Crippen LogP contribution in [0.1, 0.15) is 39.2 Å². The molecule has 112 valence electrons. The molecule has 0 saturated heterocycles. The van der Waals surface area contributed by atoms with Gasteiger partial charge in [-0.25, -0.2) is 4.98 Å². The lowest BCUT2D eigenvalue weighted by Crippen LogP contribution is -2.32. The van der Waals surface area contributed by atoms with Crippen molar-refractivity contribution in [1.82, 2.24) is 19.9 Å². The summed E-state index contributed by atoms with van der Waals surface area (Å²) in [6.45, 7) is 3.73. The summed E-state index contributed by atoms with van der Waals surface area (Å²) >= 11 is 0. The van der Waals surface area contributed by atoms with E-state index in [-0.39, 0.29) is 18.0 Å². The fourth-order valence-electron chi connectivity index (χ4n) is 3.49. The van der Waals surface area contributed by atoms with E-state index in [1.807, 2.05) is 16.8 Å². The number of hydrogen-bond acceptors (Lipinski definition) is 3. The van der Waals surface area contributed by atoms with E-state index in [0.29, 0.717) is 11.4 Å². The monoisotopic (exact) mass is 287 g/mol. The maximum absolute atomic E-state index is 11.2. The number of carbonyl (C=O) groups is 1. The molecule has 0 spiro atoms. The summed E-state index contributed by atoms with van der Waals surface area (Å²) in [7, 11) is 0. The van der Waals surface area contributed by atoms with Crippen molar-refractivity contribution < 1.29 is 4.79 Å². The third kappa shape index (κ3) is 2.57. The predicted octanol–water partition coefficient (Wildman–Crippen LogP) is 1.71. The average molecular weight is 287 g/mol. The second kappa shape index (κ2) is 5.35. The van der Waals surface area contributed by atoms with Gasteiger partial charge in [0.2, 0.25) is 5.91 Å². The first kappa shape index (κ1) is 13.9. The van der Waals surface area contributed by atoms with Crippen molar-refractivity contribution in [3.8, 4) is 0 Å². The Morgan fingerprint density at radius 1 is 1.57 bits per heavy atom. The predicted molar refractivity (Wildman–Crippen MR) is 79.6 cm³/mol. The summed E-state index contributed by atoms with van der Waals surface area (Å²) in [5.41, 5.74) is 2.21. The highest BCUT2D eigenvalue weighted by Crippen LogP contribution is 2.34. The van der Waals surface area contributed by atoms with E-state index >= 15 is 0 Å². The number of hydrogen-bond donors (Lipinski definition) is 3. The Labute approximate surface area is 123 Å². The largest absolute Gasteiger partial charge is 0.354 e. The lowest BCUT2D eigenvalue weighted by atomic mass is 9.99. The van der Waals surface area contributed by atoms with E-state index in [1.165, 1.54) is 0 Å². The molecule has 1 saturated carbocycles. The Morgan fingerprint density at radius 3 is 3.14 bits per heavy atom. The van der Waals surface area contributed by atoms with Crippen LogP contribution in [0.4, 0.5) is 0 Å². The zero-order valence-corrected chi connectivity index (χ0v) is 12.4. The number of fused-ring (bicyclic) bond motifs is 1. The van der Waals surface area contributed by atoms with Crippen LogP contribution in [0.15, 0.2) is 18.5 Å². The van der Waals surface area contributed by atoms with E-state index < -0.39 is 0 Å². The van der Waals surface area contributed by atoms with Gasteiger partial charge in [0.05, 0.1) is 11.7 Å². The van der Waals surface area contributed by atoms with Gasteiger partial charge in [0, 0.05) is 25.2 Å². The number of nitrogens with one attached hydrogen (secondary N) is 3. The third-order valence-electron chi connectivity index (χ3n) is 4.51. The molecular weight excluding hydrogens is 266 g/mol. The van der Waals surface area contributed by atoms with Gasteiger partial charge in [-0.05, 0) is 38.2 Å². The van der Waals surface area contributed by atoms with Gasteiger partial charge in [-0.1, -0.05) is 0 Å². The SMILES string of the molecule is CC(=O)N[C@H]1CC[C@@H](C(C)n2c(=N)cnc3[nH]ccc32)C1. The van der Waals surface area contributed by atoms with Crippen LogP contribution in [0.2, 0.25) is 0 Å². The van der Waals surface area contributed by atoms with Crippen molar-refractivity contribution in [2.24, 2.45) is 5.92 Å². The van der Waals surface area contributed by atoms with Crippen LogP contribution in [-0.4, -0.2) is 26.5 Å². The Hall–Kier alpha value is -2.11. The van der Waals surface area contributed by atoms with E-state index in [4.69, 9.17) is 5.41 Å². The molecule has 3 atom stereocenters. The maximum Gasteiger partial charge on any atom is 0.217 e. The quantitative estimate of drug-likeness (QED) is 0.802. The lowest BCUT2D eigenvalue weighted by Gasteiger charge is -2.23. The van der Waals surface area contributed by atoms with Crippen molar-refractivity contribution in [2.45, 2.75) is 45.2 Å². The Balaban J connectivity index is 1.86. The summed E-state index contributed by atoms with van der Waals surface area (Å²) in [5.74, 6) is 0.510. The summed E-state index contributed by atoms with van der Waals surface area (Å²) < 4.78 is 2.04. The van der Waals surface area contributed by atoms with Gasteiger partial charge in [-0.2, -0.15) is 0 Å². The van der Waals surface area contributed by atoms with Crippen LogP contribution >= 0.6 is 0 Å². The minimum atomic E-state index is 0.0408. The van der Waals surface area contributed by atoms with Crippen LogP contribution in [0, 0.1) is 11.3 Å². The normalized spacial score (nSPS) is 23.3. The van der Waals surface area contributed by atoms with Crippen LogP contribution in [-0.2, 0) is 4.79 Å². The standard InChI is InChI=1S/C15H21N5O/c1-9(11-3-4-12(7-11)19-10(2)21)20-13-5-6-17-15(13)18-8-14(20)16/h5-6,8-9,11-12,16-17H,3-4,7H2,1-2H3,(H,19,21)/t9?,11-,12+/m1/s1. The molecule has 2 aromatic rings. The molecule has 1 fully saturated rings. The number of aromatic amines is 1. The minimum absolute atomic E-state index is 0.0408. The molecule has 3 N–H and O–H groups in total. The number of aromatic nitrogens is 3. The molecule has 1 aliphatic rings. The summed E-state index contributed by atoms with van der Waals surface area (Å²) in [6.07, 6.45) is 6.52. The lowest BCUT2D eigenvalue weighted by molar-refractivity contribution is -0.119. The molecule has 6 nitrogen and oxygen atoms in total. The number of amides is 1. The van der Waals surface area contributed by atoms with Crippen LogP contribution < -0.4 is 10.8 Å². The van der Waals surface area contributed by atoms with Gasteiger partial charge >= 0.3 is 0 Å². The minimum Gasteiger partial charge on any atom is -0.354 e. The van der Waals surface area contributed by atoms with Gasteiger partial charge in [0.25, 0.3) is 0 Å². The van der Waals surface area contributed by atoms with Gasteiger partial charge in [0.15, 0.2) is 5.65 Å². The van der Waals surface area contributed by atoms with E-state index in [9.17, 15) is 4.79 Å². The first-order valence-corrected chi connectivity index (χ1v) is 7.42. The summed E-state index contributed by atoms with van der Waals surface area (Å²) in [6, 6.07) is 2.46. The second-order valence-corrected chi connectivity index (χ2v) is 5.94. The first-order chi connectivity index (χ1) is 10.1. The molecule has 3 rings (SSSR count). The molecule has 0 aliphatic heterocycles.